The normalized spacial score (nSPS) is 19.2. The van der Waals surface area contributed by atoms with E-state index in [1.165, 1.54) is 19.2 Å². The molecule has 6 nitrogen and oxygen atoms in total. The number of carbonyl (C=O) groups excluding carboxylic acids is 2. The van der Waals surface area contributed by atoms with Crippen molar-refractivity contribution in [3.05, 3.63) is 58.2 Å². The van der Waals surface area contributed by atoms with E-state index < -0.39 is 35.6 Å². The van der Waals surface area contributed by atoms with Crippen molar-refractivity contribution < 1.29 is 23.1 Å². The molecular weight excluding hydrogens is 356 g/mol. The first kappa shape index (κ1) is 17.2. The van der Waals surface area contributed by atoms with Crippen molar-refractivity contribution in [3.8, 4) is 0 Å². The maximum absolute atomic E-state index is 14.0. The molecule has 0 fully saturated rings. The summed E-state index contributed by atoms with van der Waals surface area (Å²) in [6, 6.07) is 4.88. The number of primary amides is 1. The van der Waals surface area contributed by atoms with Crippen LogP contribution in [0.1, 0.15) is 11.1 Å². The maximum Gasteiger partial charge on any atom is 0.270 e. The average Bonchev–Trinajstić information content (AvgIpc) is 2.81. The standard InChI is InChI=1S/C16H12ClF2N3O3/c1-25-16(8-2-4-9(18)5-3-8)12-13(17)10(19)6-21-14(12)22(15(16)24)7-11(20)23/h2-6H,7H2,1H3,(H2,20,23)/t16-/m0/s1. The lowest BCUT2D eigenvalue weighted by Crippen LogP contribution is -2.45. The molecule has 2 N–H and O–H groups in total. The second-order valence-electron chi connectivity index (χ2n) is 5.37. The Bertz CT molecular complexity index is 876. The summed E-state index contributed by atoms with van der Waals surface area (Å²) in [6.45, 7) is -0.493. The number of nitrogens with zero attached hydrogens (tertiary/aromatic N) is 2. The second kappa shape index (κ2) is 6.05. The van der Waals surface area contributed by atoms with Gasteiger partial charge >= 0.3 is 0 Å². The summed E-state index contributed by atoms with van der Waals surface area (Å²) in [5.74, 6) is -2.96. The SMILES string of the molecule is CO[C@]1(c2ccc(F)cc2)C(=O)N(CC(N)=O)c2ncc(F)c(Cl)c21. The van der Waals surface area contributed by atoms with Gasteiger partial charge in [0.1, 0.15) is 18.2 Å². The van der Waals surface area contributed by atoms with Crippen LogP contribution in [0.2, 0.25) is 5.02 Å². The number of hydrogen-bond acceptors (Lipinski definition) is 4. The molecule has 0 saturated heterocycles. The smallest absolute Gasteiger partial charge is 0.270 e. The predicted molar refractivity (Wildman–Crippen MR) is 84.9 cm³/mol. The Balaban J connectivity index is 2.33. The second-order valence-corrected chi connectivity index (χ2v) is 5.75. The maximum atomic E-state index is 14.0. The highest BCUT2D eigenvalue weighted by Gasteiger charge is 2.56. The zero-order valence-electron chi connectivity index (χ0n) is 12.9. The Morgan fingerprint density at radius 3 is 2.56 bits per heavy atom. The van der Waals surface area contributed by atoms with Crippen molar-refractivity contribution in [2.24, 2.45) is 5.73 Å². The van der Waals surface area contributed by atoms with E-state index in [9.17, 15) is 18.4 Å². The van der Waals surface area contributed by atoms with E-state index in [1.54, 1.807) is 0 Å². The Hall–Kier alpha value is -2.58. The number of carbonyl (C=O) groups is 2. The van der Waals surface area contributed by atoms with E-state index in [2.05, 4.69) is 4.98 Å². The molecule has 0 radical (unpaired) electrons. The summed E-state index contributed by atoms with van der Waals surface area (Å²) in [5.41, 5.74) is 3.47. The largest absolute Gasteiger partial charge is 0.368 e. The van der Waals surface area contributed by atoms with E-state index >= 15 is 0 Å². The van der Waals surface area contributed by atoms with Crippen molar-refractivity contribution in [1.82, 2.24) is 4.98 Å². The van der Waals surface area contributed by atoms with Gasteiger partial charge in [-0.25, -0.2) is 13.8 Å². The fourth-order valence-electron chi connectivity index (χ4n) is 2.93. The zero-order valence-corrected chi connectivity index (χ0v) is 13.7. The van der Waals surface area contributed by atoms with Gasteiger partial charge in [-0.15, -0.1) is 0 Å². The number of methoxy groups -OCH3 is 1. The Morgan fingerprint density at radius 2 is 2.00 bits per heavy atom. The van der Waals surface area contributed by atoms with E-state index in [4.69, 9.17) is 22.1 Å². The summed E-state index contributed by atoms with van der Waals surface area (Å²) in [7, 11) is 1.22. The molecule has 0 bridgehead atoms. The van der Waals surface area contributed by atoms with Crippen LogP contribution < -0.4 is 10.6 Å². The number of pyridine rings is 1. The first-order chi connectivity index (χ1) is 11.8. The van der Waals surface area contributed by atoms with Gasteiger partial charge < -0.3 is 10.5 Å². The molecule has 3 rings (SSSR count). The number of hydrogen-bond donors (Lipinski definition) is 1. The summed E-state index contributed by atoms with van der Waals surface area (Å²) in [6.07, 6.45) is 0.832. The summed E-state index contributed by atoms with van der Waals surface area (Å²) < 4.78 is 32.8. The Morgan fingerprint density at radius 1 is 1.36 bits per heavy atom. The highest BCUT2D eigenvalue weighted by molar-refractivity contribution is 6.33. The molecule has 0 spiro atoms. The Kier molecular flexibility index (Phi) is 4.18. The minimum Gasteiger partial charge on any atom is -0.368 e. The third-order valence-electron chi connectivity index (χ3n) is 3.98. The molecule has 0 aliphatic carbocycles. The minimum absolute atomic E-state index is 0.0404. The first-order valence-electron chi connectivity index (χ1n) is 7.09. The van der Waals surface area contributed by atoms with Crippen LogP contribution in [-0.2, 0) is 19.9 Å². The number of anilines is 1. The Labute approximate surface area is 146 Å². The lowest BCUT2D eigenvalue weighted by Gasteiger charge is -2.28. The highest BCUT2D eigenvalue weighted by Crippen LogP contribution is 2.49. The van der Waals surface area contributed by atoms with Gasteiger partial charge in [-0.1, -0.05) is 23.7 Å². The quantitative estimate of drug-likeness (QED) is 0.891. The minimum atomic E-state index is -1.87. The molecular formula is C16H12ClF2N3O3. The van der Waals surface area contributed by atoms with Crippen molar-refractivity contribution in [1.29, 1.82) is 0 Å². The van der Waals surface area contributed by atoms with Gasteiger partial charge in [0.05, 0.1) is 16.8 Å². The predicted octanol–water partition coefficient (Wildman–Crippen LogP) is 1.74. The molecule has 1 aromatic carbocycles. The third kappa shape index (κ3) is 2.45. The molecule has 1 aromatic heterocycles. The average molecular weight is 368 g/mol. The summed E-state index contributed by atoms with van der Waals surface area (Å²) in [5, 5.41) is -0.378. The zero-order chi connectivity index (χ0) is 18.4. The van der Waals surface area contributed by atoms with Gasteiger partial charge in [-0.3, -0.25) is 14.5 Å². The van der Waals surface area contributed by atoms with Gasteiger partial charge in [-0.2, -0.15) is 0 Å². The molecule has 1 atom stereocenters. The number of nitrogens with two attached hydrogens (primary N) is 1. The lowest BCUT2D eigenvalue weighted by molar-refractivity contribution is -0.136. The molecule has 9 heteroatoms. The molecule has 2 heterocycles. The fraction of sp³-hybridized carbons (Fsp3) is 0.188. The van der Waals surface area contributed by atoms with Gasteiger partial charge in [0.2, 0.25) is 11.5 Å². The fourth-order valence-corrected chi connectivity index (χ4v) is 3.19. The molecule has 2 aromatic rings. The van der Waals surface area contributed by atoms with Crippen molar-refractivity contribution in [2.45, 2.75) is 5.60 Å². The number of fused-ring (bicyclic) bond motifs is 1. The molecule has 0 saturated carbocycles. The van der Waals surface area contributed by atoms with Crippen LogP contribution in [0.3, 0.4) is 0 Å². The van der Waals surface area contributed by atoms with Crippen molar-refractivity contribution in [2.75, 3.05) is 18.6 Å². The van der Waals surface area contributed by atoms with Gasteiger partial charge in [0.25, 0.3) is 5.91 Å². The molecule has 2 amide bonds. The summed E-state index contributed by atoms with van der Waals surface area (Å²) in [4.78, 5) is 29.3. The topological polar surface area (TPSA) is 85.5 Å². The number of rotatable bonds is 4. The summed E-state index contributed by atoms with van der Waals surface area (Å²) >= 11 is 6.09. The van der Waals surface area contributed by atoms with Crippen molar-refractivity contribution in [3.63, 3.8) is 0 Å². The van der Waals surface area contributed by atoms with E-state index in [0.717, 1.165) is 23.2 Å². The van der Waals surface area contributed by atoms with Crippen LogP contribution in [0, 0.1) is 11.6 Å². The molecule has 1 aliphatic heterocycles. The van der Waals surface area contributed by atoms with Crippen molar-refractivity contribution >= 4 is 29.2 Å². The highest BCUT2D eigenvalue weighted by atomic mass is 35.5. The first-order valence-corrected chi connectivity index (χ1v) is 7.46. The van der Waals surface area contributed by atoms with Gasteiger partial charge in [-0.05, 0) is 17.7 Å². The van der Waals surface area contributed by atoms with E-state index in [-0.39, 0.29) is 22.0 Å². The van der Waals surface area contributed by atoms with Gasteiger partial charge in [0.15, 0.2) is 5.82 Å². The number of ether oxygens (including phenoxy) is 1. The van der Waals surface area contributed by atoms with Crippen LogP contribution in [0.25, 0.3) is 0 Å². The van der Waals surface area contributed by atoms with Crippen LogP contribution in [-0.4, -0.2) is 30.5 Å². The molecule has 25 heavy (non-hydrogen) atoms. The number of benzene rings is 1. The third-order valence-corrected chi connectivity index (χ3v) is 4.35. The molecule has 130 valence electrons. The van der Waals surface area contributed by atoms with E-state index in [1.807, 2.05) is 0 Å². The van der Waals surface area contributed by atoms with Crippen LogP contribution in [0.5, 0.6) is 0 Å². The number of halogens is 3. The number of aromatic nitrogens is 1. The van der Waals surface area contributed by atoms with Crippen LogP contribution in [0.4, 0.5) is 14.6 Å². The van der Waals surface area contributed by atoms with E-state index in [0.29, 0.717) is 0 Å². The number of amides is 2. The van der Waals surface area contributed by atoms with Crippen LogP contribution >= 0.6 is 11.6 Å². The molecule has 1 aliphatic rings. The monoisotopic (exact) mass is 367 g/mol. The van der Waals surface area contributed by atoms with Crippen LogP contribution in [0.15, 0.2) is 30.5 Å². The lowest BCUT2D eigenvalue weighted by atomic mass is 9.87. The van der Waals surface area contributed by atoms with Gasteiger partial charge in [0, 0.05) is 7.11 Å². The molecule has 0 unspecified atom stereocenters.